The highest BCUT2D eigenvalue weighted by molar-refractivity contribution is 5.64. The van der Waals surface area contributed by atoms with E-state index in [1.807, 2.05) is 6.07 Å². The smallest absolute Gasteiger partial charge is 0.235 e. The second-order valence-corrected chi connectivity index (χ2v) is 6.08. The van der Waals surface area contributed by atoms with Gasteiger partial charge in [-0.3, -0.25) is 10.1 Å². The molecule has 108 valence electrons. The van der Waals surface area contributed by atoms with Gasteiger partial charge in [0.05, 0.1) is 4.92 Å². The molecule has 0 saturated carbocycles. The summed E-state index contributed by atoms with van der Waals surface area (Å²) in [5, 5.41) is 10.4. The lowest BCUT2D eigenvalue weighted by molar-refractivity contribution is -0.400. The molecule has 1 unspecified atom stereocenters. The third kappa shape index (κ3) is 2.69. The Morgan fingerprint density at radius 1 is 1.50 bits per heavy atom. The van der Waals surface area contributed by atoms with Crippen LogP contribution >= 0.6 is 0 Å². The molecule has 1 aromatic rings. The Kier molecular flexibility index (Phi) is 3.84. The minimum absolute atomic E-state index is 0.152. The van der Waals surface area contributed by atoms with Crippen LogP contribution in [0.2, 0.25) is 0 Å². The number of nitro groups is 1. The van der Waals surface area contributed by atoms with E-state index >= 15 is 0 Å². The van der Waals surface area contributed by atoms with Gasteiger partial charge in [0.2, 0.25) is 6.20 Å². The van der Waals surface area contributed by atoms with E-state index in [9.17, 15) is 10.1 Å². The van der Waals surface area contributed by atoms with Crippen molar-refractivity contribution in [3.05, 3.63) is 45.6 Å². The van der Waals surface area contributed by atoms with Crippen LogP contribution in [0.3, 0.4) is 0 Å². The van der Waals surface area contributed by atoms with E-state index < -0.39 is 4.92 Å². The molecule has 0 spiro atoms. The second-order valence-electron chi connectivity index (χ2n) is 6.08. The van der Waals surface area contributed by atoms with Crippen LogP contribution in [-0.4, -0.2) is 17.0 Å². The van der Waals surface area contributed by atoms with Crippen LogP contribution in [0.1, 0.15) is 51.2 Å². The first kappa shape index (κ1) is 14.6. The third-order valence-corrected chi connectivity index (χ3v) is 4.11. The first-order valence-electron chi connectivity index (χ1n) is 7.08. The van der Waals surface area contributed by atoms with Crippen molar-refractivity contribution in [1.82, 2.24) is 0 Å². The van der Waals surface area contributed by atoms with Gasteiger partial charge in [0.15, 0.2) is 0 Å². The highest BCUT2D eigenvalue weighted by Gasteiger charge is 2.35. The maximum absolute atomic E-state index is 10.4. The van der Waals surface area contributed by atoms with Crippen molar-refractivity contribution in [2.24, 2.45) is 0 Å². The average molecular weight is 274 g/mol. The van der Waals surface area contributed by atoms with Gasteiger partial charge in [0.1, 0.15) is 0 Å². The van der Waals surface area contributed by atoms with Crippen LogP contribution in [0.4, 0.5) is 5.69 Å². The molecule has 1 heterocycles. The fourth-order valence-corrected chi connectivity index (χ4v) is 3.36. The zero-order chi connectivity index (χ0) is 14.9. The van der Waals surface area contributed by atoms with E-state index in [0.29, 0.717) is 5.92 Å². The van der Waals surface area contributed by atoms with Crippen molar-refractivity contribution in [1.29, 1.82) is 0 Å². The number of rotatable bonds is 3. The molecule has 0 aromatic heterocycles. The minimum atomic E-state index is -0.426. The quantitative estimate of drug-likeness (QED) is 0.617. The standard InChI is InChI=1S/C16H22N2O2/c1-5-17-15-7-6-13(8-9-18(19)20)10-14(15)12(2)11-16(17,3)4/h6-10,12H,5,11H2,1-4H3/b9-8+. The first-order valence-corrected chi connectivity index (χ1v) is 7.08. The monoisotopic (exact) mass is 274 g/mol. The number of hydrogen-bond donors (Lipinski definition) is 0. The molecule has 1 atom stereocenters. The Balaban J connectivity index is 2.43. The highest BCUT2D eigenvalue weighted by atomic mass is 16.6. The van der Waals surface area contributed by atoms with Crippen molar-refractivity contribution >= 4 is 11.8 Å². The van der Waals surface area contributed by atoms with Gasteiger partial charge in [0.25, 0.3) is 0 Å². The number of hydrogen-bond acceptors (Lipinski definition) is 3. The molecule has 0 aliphatic carbocycles. The van der Waals surface area contributed by atoms with Crippen molar-refractivity contribution in [2.45, 2.75) is 45.6 Å². The van der Waals surface area contributed by atoms with Gasteiger partial charge in [-0.1, -0.05) is 13.0 Å². The van der Waals surface area contributed by atoms with Gasteiger partial charge in [-0.15, -0.1) is 0 Å². The maximum atomic E-state index is 10.4. The van der Waals surface area contributed by atoms with Gasteiger partial charge >= 0.3 is 0 Å². The second kappa shape index (κ2) is 5.27. The summed E-state index contributed by atoms with van der Waals surface area (Å²) in [5.41, 5.74) is 3.59. The van der Waals surface area contributed by atoms with Crippen LogP contribution < -0.4 is 4.90 Å². The molecule has 20 heavy (non-hydrogen) atoms. The number of nitrogens with zero attached hydrogens (tertiary/aromatic N) is 2. The average Bonchev–Trinajstić information content (AvgIpc) is 2.36. The molecule has 4 nitrogen and oxygen atoms in total. The number of benzene rings is 1. The minimum Gasteiger partial charge on any atom is -0.366 e. The van der Waals surface area contributed by atoms with E-state index in [2.05, 4.69) is 44.7 Å². The number of anilines is 1. The molecule has 0 radical (unpaired) electrons. The zero-order valence-corrected chi connectivity index (χ0v) is 12.6. The van der Waals surface area contributed by atoms with Crippen LogP contribution in [0.25, 0.3) is 6.08 Å². The zero-order valence-electron chi connectivity index (χ0n) is 12.6. The fourth-order valence-electron chi connectivity index (χ4n) is 3.36. The largest absolute Gasteiger partial charge is 0.366 e. The van der Waals surface area contributed by atoms with Crippen molar-refractivity contribution < 1.29 is 4.92 Å². The molecule has 1 aliphatic heterocycles. The Hall–Kier alpha value is -1.84. The topological polar surface area (TPSA) is 46.4 Å². The maximum Gasteiger partial charge on any atom is 0.235 e. The molecular weight excluding hydrogens is 252 g/mol. The molecule has 2 rings (SSSR count). The molecule has 0 bridgehead atoms. The van der Waals surface area contributed by atoms with Gasteiger partial charge in [-0.2, -0.15) is 0 Å². The van der Waals surface area contributed by atoms with E-state index in [1.54, 1.807) is 6.08 Å². The summed E-state index contributed by atoms with van der Waals surface area (Å²) in [6, 6.07) is 6.13. The Bertz CT molecular complexity index is 549. The summed E-state index contributed by atoms with van der Waals surface area (Å²) < 4.78 is 0. The van der Waals surface area contributed by atoms with Gasteiger partial charge < -0.3 is 4.90 Å². The first-order chi connectivity index (χ1) is 9.35. The van der Waals surface area contributed by atoms with E-state index in [0.717, 1.165) is 24.7 Å². The van der Waals surface area contributed by atoms with Gasteiger partial charge in [-0.05, 0) is 56.4 Å². The van der Waals surface area contributed by atoms with Gasteiger partial charge in [0, 0.05) is 23.8 Å². The van der Waals surface area contributed by atoms with Crippen molar-refractivity contribution in [3.8, 4) is 0 Å². The Morgan fingerprint density at radius 3 is 2.80 bits per heavy atom. The fraction of sp³-hybridized carbons (Fsp3) is 0.500. The van der Waals surface area contributed by atoms with Crippen LogP contribution in [0, 0.1) is 10.1 Å². The summed E-state index contributed by atoms with van der Waals surface area (Å²) in [6.07, 6.45) is 3.65. The Morgan fingerprint density at radius 2 is 2.20 bits per heavy atom. The van der Waals surface area contributed by atoms with Crippen molar-refractivity contribution in [3.63, 3.8) is 0 Å². The predicted octanol–water partition coefficient (Wildman–Crippen LogP) is 4.05. The SMILES string of the molecule is CCN1c2ccc(/C=C/[N+](=O)[O-])cc2C(C)CC1(C)C. The lowest BCUT2D eigenvalue weighted by atomic mass is 9.79. The summed E-state index contributed by atoms with van der Waals surface area (Å²) in [7, 11) is 0. The van der Waals surface area contributed by atoms with Crippen molar-refractivity contribution in [2.75, 3.05) is 11.4 Å². The lowest BCUT2D eigenvalue weighted by Gasteiger charge is -2.47. The highest BCUT2D eigenvalue weighted by Crippen LogP contribution is 2.43. The van der Waals surface area contributed by atoms with Gasteiger partial charge in [-0.25, -0.2) is 0 Å². The molecule has 0 fully saturated rings. The normalized spacial score (nSPS) is 21.0. The molecule has 1 aliphatic rings. The van der Waals surface area contributed by atoms with Crippen LogP contribution in [0.15, 0.2) is 24.4 Å². The summed E-state index contributed by atoms with van der Waals surface area (Å²) >= 11 is 0. The Labute approximate surface area is 120 Å². The molecular formula is C16H22N2O2. The summed E-state index contributed by atoms with van der Waals surface area (Å²) in [5.74, 6) is 0.465. The molecule has 0 N–H and O–H groups in total. The predicted molar refractivity (Wildman–Crippen MR) is 82.6 cm³/mol. The molecule has 4 heteroatoms. The van der Waals surface area contributed by atoms with Crippen LogP contribution in [-0.2, 0) is 0 Å². The van der Waals surface area contributed by atoms with E-state index in [4.69, 9.17) is 0 Å². The molecule has 1 aromatic carbocycles. The van der Waals surface area contributed by atoms with E-state index in [1.165, 1.54) is 11.3 Å². The van der Waals surface area contributed by atoms with Crippen LogP contribution in [0.5, 0.6) is 0 Å². The summed E-state index contributed by atoms with van der Waals surface area (Å²) in [6.45, 7) is 9.92. The lowest BCUT2D eigenvalue weighted by Crippen LogP contribution is -2.48. The summed E-state index contributed by atoms with van der Waals surface area (Å²) in [4.78, 5) is 12.4. The third-order valence-electron chi connectivity index (χ3n) is 4.11. The molecule has 0 saturated heterocycles. The number of fused-ring (bicyclic) bond motifs is 1. The van der Waals surface area contributed by atoms with E-state index in [-0.39, 0.29) is 5.54 Å². The molecule has 0 amide bonds.